The molecule has 94 valence electrons. The van der Waals surface area contributed by atoms with E-state index >= 15 is 0 Å². The minimum atomic E-state index is -3.26. The maximum atomic E-state index is 13.2. The van der Waals surface area contributed by atoms with Gasteiger partial charge in [0.15, 0.2) is 9.84 Å². The van der Waals surface area contributed by atoms with Crippen LogP contribution in [0.2, 0.25) is 0 Å². The highest BCUT2D eigenvalue weighted by Gasteiger charge is 2.38. The second-order valence-electron chi connectivity index (χ2n) is 3.88. The first-order valence-electron chi connectivity index (χ1n) is 4.87. The first-order chi connectivity index (χ1) is 7.87. The smallest absolute Gasteiger partial charge is 0.156 e. The molecule has 0 aromatic heterocycles. The molecule has 0 radical (unpaired) electrons. The van der Waals surface area contributed by atoms with Crippen LogP contribution in [0.1, 0.15) is 0 Å². The van der Waals surface area contributed by atoms with Gasteiger partial charge in [-0.05, 0) is 28.1 Å². The highest BCUT2D eigenvalue weighted by Crippen LogP contribution is 2.24. The Labute approximate surface area is 106 Å². The molecule has 1 aromatic rings. The second kappa shape index (κ2) is 4.55. The summed E-state index contributed by atoms with van der Waals surface area (Å²) in [5.74, 6) is -0.854. The number of hydrogen-bond donors (Lipinski definition) is 1. The predicted octanol–water partition coefficient (Wildman–Crippen LogP) is 1.12. The molecular weight excluding hydrogens is 315 g/mol. The zero-order valence-corrected chi connectivity index (χ0v) is 11.0. The van der Waals surface area contributed by atoms with Gasteiger partial charge in [-0.25, -0.2) is 12.8 Å². The first kappa shape index (κ1) is 12.8. The first-order valence-corrected chi connectivity index (χ1v) is 7.49. The van der Waals surface area contributed by atoms with Gasteiger partial charge in [0, 0.05) is 6.07 Å². The third-order valence-electron chi connectivity index (χ3n) is 2.45. The Morgan fingerprint density at radius 1 is 1.41 bits per heavy atom. The van der Waals surface area contributed by atoms with Gasteiger partial charge < -0.3 is 9.84 Å². The van der Waals surface area contributed by atoms with E-state index < -0.39 is 27.9 Å². The van der Waals surface area contributed by atoms with Crippen LogP contribution in [0.3, 0.4) is 0 Å². The van der Waals surface area contributed by atoms with Crippen LogP contribution in [0.25, 0.3) is 0 Å². The van der Waals surface area contributed by atoms with Crippen molar-refractivity contribution in [1.29, 1.82) is 0 Å². The maximum absolute atomic E-state index is 13.2. The minimum Gasteiger partial charge on any atom is -0.487 e. The molecule has 1 heterocycles. The molecule has 0 spiro atoms. The SMILES string of the molecule is O=S1(=O)CC(O)C(Oc2ccc(Br)c(F)c2)C1. The second-order valence-corrected chi connectivity index (χ2v) is 6.88. The average molecular weight is 325 g/mol. The summed E-state index contributed by atoms with van der Waals surface area (Å²) in [4.78, 5) is 0. The number of halogens is 2. The van der Waals surface area contributed by atoms with E-state index in [1.807, 2.05) is 0 Å². The molecule has 2 unspecified atom stereocenters. The molecule has 1 aliphatic rings. The van der Waals surface area contributed by atoms with Crippen LogP contribution in [0.4, 0.5) is 4.39 Å². The van der Waals surface area contributed by atoms with Crippen LogP contribution in [0.15, 0.2) is 22.7 Å². The fraction of sp³-hybridized carbons (Fsp3) is 0.400. The molecule has 4 nitrogen and oxygen atoms in total. The molecule has 2 rings (SSSR count). The molecule has 0 saturated carbocycles. The maximum Gasteiger partial charge on any atom is 0.156 e. The number of aliphatic hydroxyl groups excluding tert-OH is 1. The van der Waals surface area contributed by atoms with Crippen molar-refractivity contribution in [3.8, 4) is 5.75 Å². The third kappa shape index (κ3) is 2.97. The molecule has 1 aliphatic heterocycles. The quantitative estimate of drug-likeness (QED) is 0.885. The number of aliphatic hydroxyl groups is 1. The van der Waals surface area contributed by atoms with E-state index in [0.717, 1.165) is 6.07 Å². The monoisotopic (exact) mass is 324 g/mol. The normalized spacial score (nSPS) is 27.0. The van der Waals surface area contributed by atoms with E-state index in [1.54, 1.807) is 0 Å². The topological polar surface area (TPSA) is 63.6 Å². The van der Waals surface area contributed by atoms with E-state index in [-0.39, 0.29) is 17.3 Å². The number of benzene rings is 1. The van der Waals surface area contributed by atoms with E-state index in [1.165, 1.54) is 12.1 Å². The van der Waals surface area contributed by atoms with E-state index in [2.05, 4.69) is 15.9 Å². The summed E-state index contributed by atoms with van der Waals surface area (Å²) < 4.78 is 41.2. The van der Waals surface area contributed by atoms with Gasteiger partial charge in [-0.1, -0.05) is 0 Å². The van der Waals surface area contributed by atoms with Crippen molar-refractivity contribution < 1.29 is 22.7 Å². The Hall–Kier alpha value is -0.660. The summed E-state index contributed by atoms with van der Waals surface area (Å²) in [5.41, 5.74) is 0. The molecule has 1 saturated heterocycles. The van der Waals surface area contributed by atoms with Crippen molar-refractivity contribution in [3.05, 3.63) is 28.5 Å². The Morgan fingerprint density at radius 3 is 2.65 bits per heavy atom. The van der Waals surface area contributed by atoms with Crippen molar-refractivity contribution in [2.24, 2.45) is 0 Å². The molecule has 0 amide bonds. The van der Waals surface area contributed by atoms with Gasteiger partial charge in [0.05, 0.1) is 16.0 Å². The Bertz CT molecular complexity index is 531. The molecule has 2 atom stereocenters. The number of hydrogen-bond acceptors (Lipinski definition) is 4. The van der Waals surface area contributed by atoms with Gasteiger partial charge in [0.25, 0.3) is 0 Å². The molecule has 7 heteroatoms. The van der Waals surface area contributed by atoms with Gasteiger partial charge in [-0.3, -0.25) is 0 Å². The third-order valence-corrected chi connectivity index (χ3v) is 4.78. The van der Waals surface area contributed by atoms with Crippen LogP contribution in [-0.2, 0) is 9.84 Å². The lowest BCUT2D eigenvalue weighted by atomic mass is 10.2. The summed E-state index contributed by atoms with van der Waals surface area (Å²) >= 11 is 3.00. The molecule has 1 fully saturated rings. The van der Waals surface area contributed by atoms with Crippen molar-refractivity contribution in [3.63, 3.8) is 0 Å². The molecule has 0 aliphatic carbocycles. The largest absolute Gasteiger partial charge is 0.487 e. The molecule has 0 bridgehead atoms. The summed E-state index contributed by atoms with van der Waals surface area (Å²) in [6.07, 6.45) is -1.90. The molecular formula is C10H10BrFO4S. The fourth-order valence-corrected chi connectivity index (χ4v) is 3.54. The van der Waals surface area contributed by atoms with E-state index in [9.17, 15) is 17.9 Å². The molecule has 1 aromatic carbocycles. The minimum absolute atomic E-state index is 0.201. The van der Waals surface area contributed by atoms with Crippen LogP contribution in [-0.4, -0.2) is 37.2 Å². The predicted molar refractivity (Wildman–Crippen MR) is 63.2 cm³/mol. The summed E-state index contributed by atoms with van der Waals surface area (Å²) in [6.45, 7) is 0. The number of sulfone groups is 1. The van der Waals surface area contributed by atoms with Crippen molar-refractivity contribution in [2.75, 3.05) is 11.5 Å². The summed E-state index contributed by atoms with van der Waals surface area (Å²) in [5, 5.41) is 9.50. The highest BCUT2D eigenvalue weighted by atomic mass is 79.9. The van der Waals surface area contributed by atoms with Gasteiger partial charge >= 0.3 is 0 Å². The van der Waals surface area contributed by atoms with Crippen LogP contribution in [0.5, 0.6) is 5.75 Å². The Balaban J connectivity index is 2.14. The highest BCUT2D eigenvalue weighted by molar-refractivity contribution is 9.10. The van der Waals surface area contributed by atoms with Crippen molar-refractivity contribution in [2.45, 2.75) is 12.2 Å². The lowest BCUT2D eigenvalue weighted by molar-refractivity contribution is 0.0735. The van der Waals surface area contributed by atoms with Crippen LogP contribution >= 0.6 is 15.9 Å². The zero-order chi connectivity index (χ0) is 12.6. The average Bonchev–Trinajstić information content (AvgIpc) is 2.46. The van der Waals surface area contributed by atoms with Gasteiger partial charge in [0.2, 0.25) is 0 Å². The summed E-state index contributed by atoms with van der Waals surface area (Å²) in [7, 11) is -3.26. The zero-order valence-electron chi connectivity index (χ0n) is 8.64. The lowest BCUT2D eigenvalue weighted by Gasteiger charge is -2.15. The van der Waals surface area contributed by atoms with Crippen molar-refractivity contribution >= 4 is 25.8 Å². The Morgan fingerprint density at radius 2 is 2.12 bits per heavy atom. The standard InChI is InChI=1S/C10H10BrFO4S/c11-7-2-1-6(3-8(7)12)16-10-5-17(14,15)4-9(10)13/h1-3,9-10,13H,4-5H2. The van der Waals surface area contributed by atoms with E-state index in [0.29, 0.717) is 4.47 Å². The number of rotatable bonds is 2. The van der Waals surface area contributed by atoms with Gasteiger partial charge in [-0.2, -0.15) is 0 Å². The van der Waals surface area contributed by atoms with Crippen LogP contribution < -0.4 is 4.74 Å². The Kier molecular flexibility index (Phi) is 3.42. The molecule has 17 heavy (non-hydrogen) atoms. The summed E-state index contributed by atoms with van der Waals surface area (Å²) in [6, 6.07) is 4.10. The molecule has 1 N–H and O–H groups in total. The fourth-order valence-electron chi connectivity index (χ4n) is 1.63. The van der Waals surface area contributed by atoms with E-state index in [4.69, 9.17) is 4.74 Å². The lowest BCUT2D eigenvalue weighted by Crippen LogP contribution is -2.29. The van der Waals surface area contributed by atoms with Crippen molar-refractivity contribution in [1.82, 2.24) is 0 Å². The van der Waals surface area contributed by atoms with Crippen LogP contribution in [0, 0.1) is 5.82 Å². The van der Waals surface area contributed by atoms with Gasteiger partial charge in [0.1, 0.15) is 23.8 Å². The number of ether oxygens (including phenoxy) is 1. The van der Waals surface area contributed by atoms with Gasteiger partial charge in [-0.15, -0.1) is 0 Å².